The van der Waals surface area contributed by atoms with Crippen molar-refractivity contribution < 1.29 is 0 Å². The van der Waals surface area contributed by atoms with Gasteiger partial charge in [0.25, 0.3) is 0 Å². The number of unbranched alkanes of at least 4 members (excludes halogenated alkanes) is 2. The molecule has 1 aromatic carbocycles. The fraction of sp³-hybridized carbons (Fsp3) is 0.684. The highest BCUT2D eigenvalue weighted by Crippen LogP contribution is 2.25. The molecule has 0 aliphatic carbocycles. The summed E-state index contributed by atoms with van der Waals surface area (Å²) in [6, 6.07) is 8.27. The van der Waals surface area contributed by atoms with E-state index in [-0.39, 0.29) is 5.41 Å². The molecule has 0 radical (unpaired) electrons. The Balaban J connectivity index is 2.44. The third-order valence-corrected chi connectivity index (χ3v) is 4.32. The van der Waals surface area contributed by atoms with Crippen LogP contribution in [-0.2, 0) is 5.41 Å². The minimum absolute atomic E-state index is 0.132. The van der Waals surface area contributed by atoms with Crippen LogP contribution in [0.1, 0.15) is 65.9 Å². The van der Waals surface area contributed by atoms with Crippen LogP contribution in [0.15, 0.2) is 24.3 Å². The molecule has 0 bridgehead atoms. The largest absolute Gasteiger partial charge is 0.399 e. The maximum atomic E-state index is 5.77. The molecule has 0 unspecified atom stereocenters. The van der Waals surface area contributed by atoms with Gasteiger partial charge in [-0.1, -0.05) is 66.0 Å². The van der Waals surface area contributed by atoms with E-state index in [1.165, 1.54) is 31.2 Å². The maximum absolute atomic E-state index is 5.77. The highest BCUT2D eigenvalue weighted by molar-refractivity contribution is 5.41. The first-order valence-electron chi connectivity index (χ1n) is 8.33. The van der Waals surface area contributed by atoms with E-state index in [0.29, 0.717) is 5.41 Å². The van der Waals surface area contributed by atoms with E-state index in [1.54, 1.807) is 0 Å². The van der Waals surface area contributed by atoms with Gasteiger partial charge in [-0.05, 0) is 29.5 Å². The summed E-state index contributed by atoms with van der Waals surface area (Å²) >= 11 is 0. The number of nitrogens with two attached hydrogens (primary N) is 1. The van der Waals surface area contributed by atoms with E-state index in [1.807, 2.05) is 12.1 Å². The number of nitrogen functional groups attached to an aromatic ring is 1. The van der Waals surface area contributed by atoms with Crippen molar-refractivity contribution in [2.45, 2.75) is 65.7 Å². The third kappa shape index (κ3) is 6.52. The van der Waals surface area contributed by atoms with Gasteiger partial charge in [0, 0.05) is 24.2 Å². The Kier molecular flexibility index (Phi) is 6.73. The molecule has 2 heteroatoms. The summed E-state index contributed by atoms with van der Waals surface area (Å²) in [6.45, 7) is 13.6. The minimum atomic E-state index is 0.132. The molecule has 21 heavy (non-hydrogen) atoms. The Morgan fingerprint density at radius 1 is 0.952 bits per heavy atom. The van der Waals surface area contributed by atoms with Gasteiger partial charge in [-0.2, -0.15) is 0 Å². The molecule has 0 saturated heterocycles. The van der Waals surface area contributed by atoms with Gasteiger partial charge in [-0.3, -0.25) is 0 Å². The van der Waals surface area contributed by atoms with E-state index in [2.05, 4.69) is 52.1 Å². The quantitative estimate of drug-likeness (QED) is 0.509. The molecule has 1 aromatic rings. The van der Waals surface area contributed by atoms with E-state index < -0.39 is 0 Å². The summed E-state index contributed by atoms with van der Waals surface area (Å²) in [5.41, 5.74) is 8.46. The zero-order valence-corrected chi connectivity index (χ0v) is 14.6. The first kappa shape index (κ1) is 18.0. The molecule has 3 N–H and O–H groups in total. The Labute approximate surface area is 131 Å². The number of rotatable bonds is 9. The molecule has 0 atom stereocenters. The Bertz CT molecular complexity index is 404. The predicted octanol–water partition coefficient (Wildman–Crippen LogP) is 4.74. The van der Waals surface area contributed by atoms with Crippen molar-refractivity contribution in [2.24, 2.45) is 5.41 Å². The molecule has 0 saturated carbocycles. The van der Waals surface area contributed by atoms with Crippen LogP contribution in [0.3, 0.4) is 0 Å². The van der Waals surface area contributed by atoms with Gasteiger partial charge >= 0.3 is 0 Å². The van der Waals surface area contributed by atoms with Gasteiger partial charge in [-0.25, -0.2) is 0 Å². The van der Waals surface area contributed by atoms with Crippen LogP contribution in [0.4, 0.5) is 5.69 Å². The Morgan fingerprint density at radius 3 is 2.14 bits per heavy atom. The molecule has 0 fully saturated rings. The number of hydrogen-bond donors (Lipinski definition) is 2. The molecule has 0 aliphatic heterocycles. The van der Waals surface area contributed by atoms with Crippen LogP contribution in [0.5, 0.6) is 0 Å². The molecule has 0 amide bonds. The second-order valence-electron chi connectivity index (χ2n) is 7.73. The van der Waals surface area contributed by atoms with Crippen LogP contribution in [0, 0.1) is 5.41 Å². The molecule has 1 rings (SSSR count). The second kappa shape index (κ2) is 7.84. The molecule has 0 aliphatic rings. The number of benzene rings is 1. The fourth-order valence-corrected chi connectivity index (χ4v) is 2.69. The van der Waals surface area contributed by atoms with Crippen molar-refractivity contribution in [1.82, 2.24) is 5.32 Å². The van der Waals surface area contributed by atoms with E-state index in [0.717, 1.165) is 18.8 Å². The maximum Gasteiger partial charge on any atom is 0.0314 e. The van der Waals surface area contributed by atoms with E-state index >= 15 is 0 Å². The van der Waals surface area contributed by atoms with Gasteiger partial charge in [0.1, 0.15) is 0 Å². The molecule has 0 heterocycles. The molecule has 0 spiro atoms. The summed E-state index contributed by atoms with van der Waals surface area (Å²) < 4.78 is 0. The summed E-state index contributed by atoms with van der Waals surface area (Å²) in [4.78, 5) is 0. The number of anilines is 1. The lowest BCUT2D eigenvalue weighted by Gasteiger charge is -2.30. The highest BCUT2D eigenvalue weighted by atomic mass is 14.9. The monoisotopic (exact) mass is 290 g/mol. The molecule has 2 nitrogen and oxygen atoms in total. The lowest BCUT2D eigenvalue weighted by Crippen LogP contribution is -2.38. The summed E-state index contributed by atoms with van der Waals surface area (Å²) in [6.07, 6.45) is 5.29. The summed E-state index contributed by atoms with van der Waals surface area (Å²) in [5, 5.41) is 3.67. The summed E-state index contributed by atoms with van der Waals surface area (Å²) in [5.74, 6) is 0. The van der Waals surface area contributed by atoms with E-state index in [4.69, 9.17) is 5.73 Å². The first-order chi connectivity index (χ1) is 9.77. The number of hydrogen-bond acceptors (Lipinski definition) is 2. The lowest BCUT2D eigenvalue weighted by atomic mass is 9.83. The van der Waals surface area contributed by atoms with Crippen molar-refractivity contribution in [1.29, 1.82) is 0 Å². The topological polar surface area (TPSA) is 38.0 Å². The molecular weight excluding hydrogens is 256 g/mol. The van der Waals surface area contributed by atoms with Crippen LogP contribution in [0.2, 0.25) is 0 Å². The third-order valence-electron chi connectivity index (χ3n) is 4.32. The summed E-state index contributed by atoms with van der Waals surface area (Å²) in [7, 11) is 0. The van der Waals surface area contributed by atoms with Crippen molar-refractivity contribution >= 4 is 5.69 Å². The second-order valence-corrected chi connectivity index (χ2v) is 7.73. The van der Waals surface area contributed by atoms with Crippen LogP contribution in [-0.4, -0.2) is 13.1 Å². The Morgan fingerprint density at radius 2 is 1.57 bits per heavy atom. The smallest absolute Gasteiger partial charge is 0.0314 e. The molecule has 0 aromatic heterocycles. The first-order valence-corrected chi connectivity index (χ1v) is 8.33. The normalized spacial score (nSPS) is 12.6. The van der Waals surface area contributed by atoms with Crippen molar-refractivity contribution in [2.75, 3.05) is 18.8 Å². The van der Waals surface area contributed by atoms with Crippen LogP contribution >= 0.6 is 0 Å². The van der Waals surface area contributed by atoms with Gasteiger partial charge in [0.05, 0.1) is 0 Å². The SMILES string of the molecule is CCCCCC(C)(C)CNCC(C)(C)c1ccc(N)cc1. The fourth-order valence-electron chi connectivity index (χ4n) is 2.69. The zero-order chi connectivity index (χ0) is 15.9. The highest BCUT2D eigenvalue weighted by Gasteiger charge is 2.22. The van der Waals surface area contributed by atoms with Gasteiger partial charge < -0.3 is 11.1 Å². The zero-order valence-electron chi connectivity index (χ0n) is 14.6. The number of nitrogens with one attached hydrogen (secondary N) is 1. The molecular formula is C19H34N2. The van der Waals surface area contributed by atoms with Crippen molar-refractivity contribution in [3.8, 4) is 0 Å². The average Bonchev–Trinajstić information content (AvgIpc) is 2.39. The lowest BCUT2D eigenvalue weighted by molar-refractivity contribution is 0.291. The van der Waals surface area contributed by atoms with Crippen LogP contribution < -0.4 is 11.1 Å². The van der Waals surface area contributed by atoms with E-state index in [9.17, 15) is 0 Å². The van der Waals surface area contributed by atoms with Crippen molar-refractivity contribution in [3.63, 3.8) is 0 Å². The van der Waals surface area contributed by atoms with Gasteiger partial charge in [0.2, 0.25) is 0 Å². The molecule has 120 valence electrons. The standard InChI is InChI=1S/C19H34N2/c1-6-7-8-13-18(2,3)14-21-15-19(4,5)16-9-11-17(20)12-10-16/h9-12,21H,6-8,13-15,20H2,1-5H3. The van der Waals surface area contributed by atoms with Crippen molar-refractivity contribution in [3.05, 3.63) is 29.8 Å². The average molecular weight is 290 g/mol. The Hall–Kier alpha value is -1.02. The van der Waals surface area contributed by atoms with Gasteiger partial charge in [-0.15, -0.1) is 0 Å². The minimum Gasteiger partial charge on any atom is -0.399 e. The predicted molar refractivity (Wildman–Crippen MR) is 94.7 cm³/mol. The van der Waals surface area contributed by atoms with Gasteiger partial charge in [0.15, 0.2) is 0 Å². The van der Waals surface area contributed by atoms with Crippen LogP contribution in [0.25, 0.3) is 0 Å².